The molecule has 1 amide bonds. The van der Waals surface area contributed by atoms with Crippen LogP contribution in [0.15, 0.2) is 18.2 Å². The number of nitrogens with zero attached hydrogens (tertiary/aromatic N) is 2. The Bertz CT molecular complexity index is 553. The molecule has 1 aromatic heterocycles. The van der Waals surface area contributed by atoms with Crippen molar-refractivity contribution in [3.63, 3.8) is 0 Å². The number of likely N-dealkylation sites (tertiary alicyclic amines) is 1. The summed E-state index contributed by atoms with van der Waals surface area (Å²) < 4.78 is 0. The molecule has 0 bridgehead atoms. The van der Waals surface area contributed by atoms with Gasteiger partial charge in [-0.05, 0) is 37.3 Å². The van der Waals surface area contributed by atoms with Gasteiger partial charge in [0.25, 0.3) is 5.91 Å². The first-order valence-electron chi connectivity index (χ1n) is 8.35. The van der Waals surface area contributed by atoms with E-state index >= 15 is 0 Å². The number of aromatic nitrogens is 1. The monoisotopic (exact) mass is 319 g/mol. The summed E-state index contributed by atoms with van der Waals surface area (Å²) in [6.45, 7) is 10.5. The molecule has 5 nitrogen and oxygen atoms in total. The van der Waals surface area contributed by atoms with Crippen LogP contribution in [0.2, 0.25) is 0 Å². The predicted molar refractivity (Wildman–Crippen MR) is 90.9 cm³/mol. The first-order chi connectivity index (χ1) is 10.7. The molecule has 0 spiro atoms. The first kappa shape index (κ1) is 17.9. The Morgan fingerprint density at radius 1 is 1.39 bits per heavy atom. The minimum Gasteiger partial charge on any atom is -0.379 e. The summed E-state index contributed by atoms with van der Waals surface area (Å²) in [5.74, 6) is -0.150. The largest absolute Gasteiger partial charge is 0.379 e. The van der Waals surface area contributed by atoms with Crippen molar-refractivity contribution in [2.75, 3.05) is 19.6 Å². The van der Waals surface area contributed by atoms with Gasteiger partial charge in [0.2, 0.25) is 0 Å². The third-order valence-corrected chi connectivity index (χ3v) is 4.04. The summed E-state index contributed by atoms with van der Waals surface area (Å²) in [6.07, 6.45) is 1.35. The Kier molecular flexibility index (Phi) is 5.42. The number of pyridine rings is 1. The van der Waals surface area contributed by atoms with Gasteiger partial charge in [0.15, 0.2) is 5.60 Å². The average molecular weight is 319 g/mol. The van der Waals surface area contributed by atoms with E-state index in [-0.39, 0.29) is 17.9 Å². The van der Waals surface area contributed by atoms with Crippen LogP contribution in [0.4, 0.5) is 0 Å². The lowest BCUT2D eigenvalue weighted by Gasteiger charge is -2.41. The smallest absolute Gasteiger partial charge is 0.255 e. The molecule has 1 aromatic rings. The van der Waals surface area contributed by atoms with Gasteiger partial charge in [-0.2, -0.15) is 0 Å². The molecule has 0 aromatic carbocycles. The van der Waals surface area contributed by atoms with Crippen LogP contribution in [-0.2, 0) is 11.3 Å². The summed E-state index contributed by atoms with van der Waals surface area (Å²) in [5, 5.41) is 14.0. The van der Waals surface area contributed by atoms with Crippen LogP contribution in [0.3, 0.4) is 0 Å². The molecule has 23 heavy (non-hydrogen) atoms. The molecule has 1 saturated heterocycles. The van der Waals surface area contributed by atoms with Crippen molar-refractivity contribution in [2.45, 2.75) is 52.7 Å². The second kappa shape index (κ2) is 6.97. The lowest BCUT2D eigenvalue weighted by Crippen LogP contribution is -2.59. The fraction of sp³-hybridized carbons (Fsp3) is 0.667. The number of carbonyl (C=O) groups is 1. The van der Waals surface area contributed by atoms with Gasteiger partial charge in [-0.15, -0.1) is 0 Å². The van der Waals surface area contributed by atoms with Gasteiger partial charge in [0, 0.05) is 31.9 Å². The maximum Gasteiger partial charge on any atom is 0.255 e. The van der Waals surface area contributed by atoms with Crippen LogP contribution in [0.5, 0.6) is 0 Å². The molecule has 1 atom stereocenters. The molecule has 0 saturated carbocycles. The van der Waals surface area contributed by atoms with Crippen LogP contribution in [-0.4, -0.2) is 46.1 Å². The molecule has 128 valence electrons. The lowest BCUT2D eigenvalue weighted by molar-refractivity contribution is -0.158. The van der Waals surface area contributed by atoms with Gasteiger partial charge in [-0.1, -0.05) is 26.8 Å². The van der Waals surface area contributed by atoms with E-state index in [1.807, 2.05) is 25.1 Å². The third kappa shape index (κ3) is 5.01. The average Bonchev–Trinajstić information content (AvgIpc) is 2.43. The highest BCUT2D eigenvalue weighted by atomic mass is 16.3. The molecule has 0 unspecified atom stereocenters. The Morgan fingerprint density at radius 2 is 2.13 bits per heavy atom. The maximum atomic E-state index is 12.6. The minimum absolute atomic E-state index is 0.0345. The Labute approximate surface area is 139 Å². The maximum absolute atomic E-state index is 12.6. The minimum atomic E-state index is -1.30. The standard InChI is InChI=1S/C18H29N3O2/c1-14-7-5-8-15(20-14)11-19-12-18(23)9-6-10-21(16(18)22)13-17(2,3)4/h5,7-8,19,23H,6,9-13H2,1-4H3/t18-/m0/s1. The molecular weight excluding hydrogens is 290 g/mol. The van der Waals surface area contributed by atoms with Crippen molar-refractivity contribution in [2.24, 2.45) is 5.41 Å². The zero-order valence-corrected chi connectivity index (χ0v) is 14.7. The summed E-state index contributed by atoms with van der Waals surface area (Å²) in [6, 6.07) is 5.86. The molecule has 1 aliphatic heterocycles. The Hall–Kier alpha value is -1.46. The van der Waals surface area contributed by atoms with Gasteiger partial charge in [0.05, 0.1) is 5.69 Å². The van der Waals surface area contributed by atoms with Crippen LogP contribution >= 0.6 is 0 Å². The van der Waals surface area contributed by atoms with Gasteiger partial charge >= 0.3 is 0 Å². The summed E-state index contributed by atoms with van der Waals surface area (Å²) in [5.41, 5.74) is 0.622. The van der Waals surface area contributed by atoms with Crippen molar-refractivity contribution in [1.29, 1.82) is 0 Å². The van der Waals surface area contributed by atoms with Gasteiger partial charge in [-0.25, -0.2) is 0 Å². The normalized spacial score (nSPS) is 22.5. The van der Waals surface area contributed by atoms with E-state index in [1.165, 1.54) is 0 Å². The van der Waals surface area contributed by atoms with Crippen molar-refractivity contribution < 1.29 is 9.90 Å². The van der Waals surface area contributed by atoms with Crippen LogP contribution in [0, 0.1) is 12.3 Å². The van der Waals surface area contributed by atoms with Crippen LogP contribution in [0.25, 0.3) is 0 Å². The lowest BCUT2D eigenvalue weighted by atomic mass is 9.88. The van der Waals surface area contributed by atoms with Crippen molar-refractivity contribution in [3.8, 4) is 0 Å². The summed E-state index contributed by atoms with van der Waals surface area (Å²) in [4.78, 5) is 18.9. The van der Waals surface area contributed by atoms with Crippen LogP contribution < -0.4 is 5.32 Å². The van der Waals surface area contributed by atoms with E-state index < -0.39 is 5.60 Å². The topological polar surface area (TPSA) is 65.5 Å². The van der Waals surface area contributed by atoms with Gasteiger partial charge in [0.1, 0.15) is 0 Å². The number of hydrogen-bond donors (Lipinski definition) is 2. The predicted octanol–water partition coefficient (Wildman–Crippen LogP) is 1.88. The number of rotatable bonds is 5. The molecule has 2 N–H and O–H groups in total. The molecule has 2 heterocycles. The summed E-state index contributed by atoms with van der Waals surface area (Å²) >= 11 is 0. The fourth-order valence-corrected chi connectivity index (χ4v) is 3.05. The van der Waals surface area contributed by atoms with E-state index in [1.54, 1.807) is 4.90 Å². The highest BCUT2D eigenvalue weighted by Gasteiger charge is 2.42. The zero-order chi connectivity index (χ0) is 17.1. The van der Waals surface area contributed by atoms with E-state index in [2.05, 4.69) is 31.1 Å². The quantitative estimate of drug-likeness (QED) is 0.870. The third-order valence-electron chi connectivity index (χ3n) is 4.04. The Morgan fingerprint density at radius 3 is 2.78 bits per heavy atom. The molecule has 5 heteroatoms. The van der Waals surface area contributed by atoms with Crippen molar-refractivity contribution >= 4 is 5.91 Å². The molecule has 2 rings (SSSR count). The van der Waals surface area contributed by atoms with Crippen molar-refractivity contribution in [1.82, 2.24) is 15.2 Å². The molecule has 0 aliphatic carbocycles. The number of amides is 1. The number of aliphatic hydroxyl groups is 1. The Balaban J connectivity index is 1.93. The first-order valence-corrected chi connectivity index (χ1v) is 8.35. The van der Waals surface area contributed by atoms with Gasteiger partial charge < -0.3 is 15.3 Å². The summed E-state index contributed by atoms with van der Waals surface area (Å²) in [7, 11) is 0. The molecular formula is C18H29N3O2. The highest BCUT2D eigenvalue weighted by Crippen LogP contribution is 2.25. The van der Waals surface area contributed by atoms with E-state index in [0.717, 1.165) is 24.4 Å². The van der Waals surface area contributed by atoms with Gasteiger partial charge in [-0.3, -0.25) is 9.78 Å². The van der Waals surface area contributed by atoms with E-state index in [4.69, 9.17) is 0 Å². The molecule has 1 aliphatic rings. The molecule has 1 fully saturated rings. The number of carbonyl (C=O) groups excluding carboxylic acids is 1. The second-order valence-corrected chi connectivity index (χ2v) is 7.80. The fourth-order valence-electron chi connectivity index (χ4n) is 3.05. The number of piperidine rings is 1. The SMILES string of the molecule is Cc1cccc(CNC[C@@]2(O)CCCN(CC(C)(C)C)C2=O)n1. The second-order valence-electron chi connectivity index (χ2n) is 7.80. The number of nitrogens with one attached hydrogen (secondary N) is 1. The molecule has 0 radical (unpaired) electrons. The van der Waals surface area contributed by atoms with Crippen LogP contribution in [0.1, 0.15) is 45.0 Å². The van der Waals surface area contributed by atoms with E-state index in [0.29, 0.717) is 19.5 Å². The number of aryl methyl sites for hydroxylation is 1. The zero-order valence-electron chi connectivity index (χ0n) is 14.7. The number of hydrogen-bond acceptors (Lipinski definition) is 4. The highest BCUT2D eigenvalue weighted by molar-refractivity contribution is 5.86. The van der Waals surface area contributed by atoms with E-state index in [9.17, 15) is 9.90 Å². The van der Waals surface area contributed by atoms with Crippen molar-refractivity contribution in [3.05, 3.63) is 29.6 Å².